The third-order valence-electron chi connectivity index (χ3n) is 4.15. The lowest BCUT2D eigenvalue weighted by Crippen LogP contribution is -2.37. The van der Waals surface area contributed by atoms with Gasteiger partial charge in [0.15, 0.2) is 5.96 Å². The molecule has 0 aliphatic rings. The molecule has 0 saturated heterocycles. The second kappa shape index (κ2) is 11.9. The largest absolute Gasteiger partial charge is 0.383 e. The Morgan fingerprint density at radius 1 is 1.22 bits per heavy atom. The van der Waals surface area contributed by atoms with Gasteiger partial charge in [0, 0.05) is 31.5 Å². The van der Waals surface area contributed by atoms with Crippen LogP contribution in [0.4, 0.5) is 4.39 Å². The highest BCUT2D eigenvalue weighted by Gasteiger charge is 2.11. The number of methoxy groups -OCH3 is 1. The van der Waals surface area contributed by atoms with Gasteiger partial charge >= 0.3 is 0 Å². The maximum atomic E-state index is 13.0. The number of ether oxygens (including phenoxy) is 1. The Labute approximate surface area is 177 Å². The number of aromatic nitrogens is 2. The molecule has 0 amide bonds. The van der Waals surface area contributed by atoms with Gasteiger partial charge in [-0.05, 0) is 38.5 Å². The molecule has 0 bridgehead atoms. The van der Waals surface area contributed by atoms with Crippen LogP contribution in [0, 0.1) is 19.7 Å². The first kappa shape index (κ1) is 23.4. The highest BCUT2D eigenvalue weighted by molar-refractivity contribution is 14.0. The topological polar surface area (TPSA) is 63.5 Å². The molecular weight excluding hydrogens is 460 g/mol. The van der Waals surface area contributed by atoms with E-state index < -0.39 is 0 Å². The molecule has 0 atom stereocenters. The van der Waals surface area contributed by atoms with E-state index in [0.29, 0.717) is 19.7 Å². The van der Waals surface area contributed by atoms with Crippen LogP contribution in [0.2, 0.25) is 0 Å². The van der Waals surface area contributed by atoms with Gasteiger partial charge in [-0.2, -0.15) is 5.10 Å². The summed E-state index contributed by atoms with van der Waals surface area (Å²) in [5, 5.41) is 11.2. The summed E-state index contributed by atoms with van der Waals surface area (Å²) >= 11 is 0. The third kappa shape index (κ3) is 7.10. The average molecular weight is 489 g/mol. The van der Waals surface area contributed by atoms with Crippen LogP contribution in [0.15, 0.2) is 29.3 Å². The maximum absolute atomic E-state index is 13.0. The van der Waals surface area contributed by atoms with Gasteiger partial charge in [-0.3, -0.25) is 4.68 Å². The van der Waals surface area contributed by atoms with Gasteiger partial charge in [-0.15, -0.1) is 24.0 Å². The lowest BCUT2D eigenvalue weighted by atomic mass is 10.2. The lowest BCUT2D eigenvalue weighted by Gasteiger charge is -2.12. The molecule has 0 saturated carbocycles. The lowest BCUT2D eigenvalue weighted by molar-refractivity contribution is 0.182. The van der Waals surface area contributed by atoms with Gasteiger partial charge in [0.05, 0.1) is 25.4 Å². The molecule has 2 N–H and O–H groups in total. The first-order valence-electron chi connectivity index (χ1n) is 8.83. The van der Waals surface area contributed by atoms with E-state index >= 15 is 0 Å². The number of benzene rings is 1. The van der Waals surface area contributed by atoms with Crippen molar-refractivity contribution in [3.05, 3.63) is 52.6 Å². The molecule has 0 radical (unpaired) electrons. The smallest absolute Gasteiger partial charge is 0.191 e. The molecule has 0 spiro atoms. The van der Waals surface area contributed by atoms with Gasteiger partial charge in [-0.25, -0.2) is 9.38 Å². The summed E-state index contributed by atoms with van der Waals surface area (Å²) in [6.07, 6.45) is 0. The van der Waals surface area contributed by atoms with E-state index in [1.54, 1.807) is 19.2 Å². The molecule has 1 aromatic carbocycles. The van der Waals surface area contributed by atoms with Crippen molar-refractivity contribution in [3.8, 4) is 0 Å². The van der Waals surface area contributed by atoms with Gasteiger partial charge in [0.25, 0.3) is 0 Å². The van der Waals surface area contributed by atoms with Crippen molar-refractivity contribution in [2.45, 2.75) is 40.4 Å². The summed E-state index contributed by atoms with van der Waals surface area (Å²) in [5.74, 6) is 0.486. The van der Waals surface area contributed by atoms with Gasteiger partial charge in [0.2, 0.25) is 0 Å². The number of rotatable bonds is 8. The van der Waals surface area contributed by atoms with Crippen molar-refractivity contribution in [2.24, 2.45) is 4.99 Å². The van der Waals surface area contributed by atoms with Crippen molar-refractivity contribution in [3.63, 3.8) is 0 Å². The van der Waals surface area contributed by atoms with Crippen molar-refractivity contribution in [2.75, 3.05) is 20.3 Å². The molecule has 27 heavy (non-hydrogen) atoms. The summed E-state index contributed by atoms with van der Waals surface area (Å²) in [5.41, 5.74) is 4.25. The standard InChI is InChI=1S/C19H28FN5O.HI/c1-5-21-19(22-12-16-6-8-17(20)9-7-16)23-13-18-14(2)24-25(15(18)3)10-11-26-4;/h6-9H,5,10-13H2,1-4H3,(H2,21,22,23);1H. The SMILES string of the molecule is CCNC(=NCc1ccc(F)cc1)NCc1c(C)nn(CCOC)c1C.I. The normalized spacial score (nSPS) is 11.2. The van der Waals surface area contributed by atoms with E-state index in [9.17, 15) is 4.39 Å². The molecule has 0 unspecified atom stereocenters. The summed E-state index contributed by atoms with van der Waals surface area (Å²) in [4.78, 5) is 4.57. The minimum atomic E-state index is -0.237. The first-order valence-corrected chi connectivity index (χ1v) is 8.83. The van der Waals surface area contributed by atoms with Crippen LogP contribution in [0.5, 0.6) is 0 Å². The number of nitrogens with one attached hydrogen (secondary N) is 2. The second-order valence-corrected chi connectivity index (χ2v) is 6.04. The van der Waals surface area contributed by atoms with Crippen molar-refractivity contribution < 1.29 is 9.13 Å². The Morgan fingerprint density at radius 3 is 2.56 bits per heavy atom. The molecule has 0 fully saturated rings. The average Bonchev–Trinajstić information content (AvgIpc) is 2.90. The zero-order valence-corrected chi connectivity index (χ0v) is 18.7. The molecule has 6 nitrogen and oxygen atoms in total. The van der Waals surface area contributed by atoms with E-state index in [1.807, 2.05) is 18.5 Å². The monoisotopic (exact) mass is 489 g/mol. The van der Waals surface area contributed by atoms with E-state index in [4.69, 9.17) is 4.74 Å². The van der Waals surface area contributed by atoms with Crippen LogP contribution in [-0.2, 0) is 24.4 Å². The number of hydrogen-bond acceptors (Lipinski definition) is 3. The molecule has 150 valence electrons. The zero-order valence-electron chi connectivity index (χ0n) is 16.4. The molecule has 0 aliphatic carbocycles. The fourth-order valence-electron chi connectivity index (χ4n) is 2.66. The van der Waals surface area contributed by atoms with Crippen LogP contribution in [0.25, 0.3) is 0 Å². The highest BCUT2D eigenvalue weighted by Crippen LogP contribution is 2.12. The quantitative estimate of drug-likeness (QED) is 0.340. The maximum Gasteiger partial charge on any atom is 0.191 e. The number of hydrogen-bond donors (Lipinski definition) is 2. The summed E-state index contributed by atoms with van der Waals surface area (Å²) in [6, 6.07) is 6.39. The first-order chi connectivity index (χ1) is 12.5. The van der Waals surface area contributed by atoms with E-state index in [-0.39, 0.29) is 29.8 Å². The Hall–Kier alpha value is -1.68. The minimum Gasteiger partial charge on any atom is -0.383 e. The van der Waals surface area contributed by atoms with Crippen LogP contribution in [-0.4, -0.2) is 36.0 Å². The number of aliphatic imine (C=N–C) groups is 1. The molecule has 1 heterocycles. The van der Waals surface area contributed by atoms with Gasteiger partial charge < -0.3 is 15.4 Å². The molecule has 2 aromatic rings. The fourth-order valence-corrected chi connectivity index (χ4v) is 2.66. The van der Waals surface area contributed by atoms with Crippen molar-refractivity contribution in [1.29, 1.82) is 0 Å². The van der Waals surface area contributed by atoms with Crippen LogP contribution < -0.4 is 10.6 Å². The van der Waals surface area contributed by atoms with Crippen LogP contribution in [0.3, 0.4) is 0 Å². The van der Waals surface area contributed by atoms with E-state index in [0.717, 1.165) is 41.6 Å². The third-order valence-corrected chi connectivity index (χ3v) is 4.15. The number of guanidine groups is 1. The summed E-state index contributed by atoms with van der Waals surface area (Å²) < 4.78 is 20.1. The minimum absolute atomic E-state index is 0. The highest BCUT2D eigenvalue weighted by atomic mass is 127. The van der Waals surface area contributed by atoms with Crippen molar-refractivity contribution >= 4 is 29.9 Å². The number of nitrogens with zero attached hydrogens (tertiary/aromatic N) is 3. The molecule has 1 aromatic heterocycles. The predicted octanol–water partition coefficient (Wildman–Crippen LogP) is 3.16. The Bertz CT molecular complexity index is 730. The predicted molar refractivity (Wildman–Crippen MR) is 117 cm³/mol. The van der Waals surface area contributed by atoms with Crippen LogP contribution >= 0.6 is 24.0 Å². The second-order valence-electron chi connectivity index (χ2n) is 6.04. The fraction of sp³-hybridized carbons (Fsp3) is 0.474. The zero-order chi connectivity index (χ0) is 18.9. The number of halogens is 2. The Kier molecular flexibility index (Phi) is 10.3. The summed E-state index contributed by atoms with van der Waals surface area (Å²) in [6.45, 7) is 9.36. The Morgan fingerprint density at radius 2 is 1.93 bits per heavy atom. The molecular formula is C19H29FIN5O. The summed E-state index contributed by atoms with van der Waals surface area (Å²) in [7, 11) is 1.69. The van der Waals surface area contributed by atoms with Gasteiger partial charge in [-0.1, -0.05) is 12.1 Å². The van der Waals surface area contributed by atoms with Crippen LogP contribution in [0.1, 0.15) is 29.4 Å². The van der Waals surface area contributed by atoms with E-state index in [2.05, 4.69) is 27.6 Å². The Balaban J connectivity index is 0.00000364. The van der Waals surface area contributed by atoms with E-state index in [1.165, 1.54) is 12.1 Å². The number of aryl methyl sites for hydroxylation is 1. The molecule has 8 heteroatoms. The molecule has 0 aliphatic heterocycles. The van der Waals surface area contributed by atoms with Gasteiger partial charge in [0.1, 0.15) is 5.82 Å². The van der Waals surface area contributed by atoms with Crippen molar-refractivity contribution in [1.82, 2.24) is 20.4 Å². The molecule has 2 rings (SSSR count).